The molecule has 132 valence electrons. The molecule has 1 atom stereocenters. The average Bonchev–Trinajstić information content (AvgIpc) is 3.07. The van der Waals surface area contributed by atoms with Crippen molar-refractivity contribution in [1.29, 1.82) is 0 Å². The fourth-order valence-electron chi connectivity index (χ4n) is 2.85. The second kappa shape index (κ2) is 8.44. The quantitative estimate of drug-likeness (QED) is 0.783. The zero-order valence-electron chi connectivity index (χ0n) is 14.2. The molecule has 0 saturated carbocycles. The van der Waals surface area contributed by atoms with Gasteiger partial charge in [0.2, 0.25) is 10.0 Å². The minimum Gasteiger partial charge on any atom is -0.338 e. The highest BCUT2D eigenvalue weighted by Crippen LogP contribution is 2.19. The maximum absolute atomic E-state index is 12.5. The molecule has 1 aliphatic rings. The average molecular weight is 350 g/mol. The summed E-state index contributed by atoms with van der Waals surface area (Å²) in [6, 6.07) is 7.82. The van der Waals surface area contributed by atoms with Gasteiger partial charge in [0, 0.05) is 30.6 Å². The Kier molecular flexibility index (Phi) is 6.57. The second-order valence-electron chi connectivity index (χ2n) is 6.27. The van der Waals surface area contributed by atoms with Crippen LogP contribution < -0.4 is 4.72 Å². The number of sulfonamides is 1. The van der Waals surface area contributed by atoms with Crippen molar-refractivity contribution in [3.8, 4) is 0 Å². The molecule has 0 unspecified atom stereocenters. The second-order valence-corrected chi connectivity index (χ2v) is 7.98. The number of aryl methyl sites for hydroxylation is 1. The Hall–Kier alpha value is -1.66. The van der Waals surface area contributed by atoms with Crippen molar-refractivity contribution in [1.82, 2.24) is 9.62 Å². The Morgan fingerprint density at radius 2 is 2.08 bits per heavy atom. The van der Waals surface area contributed by atoms with Crippen molar-refractivity contribution in [2.75, 3.05) is 19.6 Å². The molecule has 24 heavy (non-hydrogen) atoms. The molecule has 0 radical (unpaired) electrons. The molecule has 0 spiro atoms. The van der Waals surface area contributed by atoms with Crippen LogP contribution in [0, 0.1) is 5.92 Å². The van der Waals surface area contributed by atoms with E-state index in [1.165, 1.54) is 5.56 Å². The lowest BCUT2D eigenvalue weighted by Gasteiger charge is -2.17. The highest BCUT2D eigenvalue weighted by molar-refractivity contribution is 7.92. The number of hydrogen-bond donors (Lipinski definition) is 1. The number of hydrogen-bond acceptors (Lipinski definition) is 3. The van der Waals surface area contributed by atoms with Crippen molar-refractivity contribution >= 4 is 15.9 Å². The number of carbonyl (C=O) groups is 1. The van der Waals surface area contributed by atoms with Crippen molar-refractivity contribution in [2.45, 2.75) is 32.6 Å². The molecule has 1 saturated heterocycles. The maximum Gasteiger partial charge on any atom is 0.253 e. The fraction of sp³-hybridized carbons (Fsp3) is 0.500. The van der Waals surface area contributed by atoms with Crippen LogP contribution in [0.3, 0.4) is 0 Å². The van der Waals surface area contributed by atoms with E-state index in [1.54, 1.807) is 4.90 Å². The van der Waals surface area contributed by atoms with Gasteiger partial charge in [0.1, 0.15) is 0 Å². The van der Waals surface area contributed by atoms with Gasteiger partial charge in [-0.15, -0.1) is 0 Å². The first-order chi connectivity index (χ1) is 11.4. The van der Waals surface area contributed by atoms with E-state index in [4.69, 9.17) is 0 Å². The van der Waals surface area contributed by atoms with Gasteiger partial charge in [-0.1, -0.05) is 32.1 Å². The van der Waals surface area contributed by atoms with Gasteiger partial charge in [0.05, 0.1) is 0 Å². The summed E-state index contributed by atoms with van der Waals surface area (Å²) in [6.07, 6.45) is 4.16. The van der Waals surface area contributed by atoms with Gasteiger partial charge in [-0.3, -0.25) is 4.79 Å². The number of nitrogens with one attached hydrogen (secondary N) is 1. The molecule has 1 aliphatic heterocycles. The molecule has 1 heterocycles. The lowest BCUT2D eigenvalue weighted by molar-refractivity contribution is 0.0787. The highest BCUT2D eigenvalue weighted by atomic mass is 32.2. The number of benzene rings is 1. The van der Waals surface area contributed by atoms with E-state index < -0.39 is 10.0 Å². The Balaban J connectivity index is 1.88. The van der Waals surface area contributed by atoms with Crippen molar-refractivity contribution in [3.05, 3.63) is 47.4 Å². The van der Waals surface area contributed by atoms with Crippen LogP contribution in [0.25, 0.3) is 0 Å². The predicted octanol–water partition coefficient (Wildman–Crippen LogP) is 2.55. The molecule has 1 amide bonds. The molecule has 2 rings (SSSR count). The molecule has 5 nitrogen and oxygen atoms in total. The topological polar surface area (TPSA) is 66.5 Å². The van der Waals surface area contributed by atoms with Gasteiger partial charge in [0.15, 0.2) is 0 Å². The van der Waals surface area contributed by atoms with Crippen LogP contribution in [0.15, 0.2) is 36.3 Å². The molecule has 1 aromatic carbocycles. The zero-order valence-corrected chi connectivity index (χ0v) is 15.0. The molecule has 6 heteroatoms. The van der Waals surface area contributed by atoms with E-state index in [-0.39, 0.29) is 11.8 Å². The number of carbonyl (C=O) groups excluding carboxylic acids is 1. The lowest BCUT2D eigenvalue weighted by Crippen LogP contribution is -2.32. The monoisotopic (exact) mass is 350 g/mol. The van der Waals surface area contributed by atoms with Gasteiger partial charge in [-0.2, -0.15) is 0 Å². The van der Waals surface area contributed by atoms with E-state index >= 15 is 0 Å². The first kappa shape index (κ1) is 18.7. The van der Waals surface area contributed by atoms with Gasteiger partial charge in [-0.25, -0.2) is 13.1 Å². The molecule has 0 aliphatic carbocycles. The van der Waals surface area contributed by atoms with Gasteiger partial charge in [-0.05, 0) is 42.9 Å². The van der Waals surface area contributed by atoms with Crippen molar-refractivity contribution in [3.63, 3.8) is 0 Å². The molecule has 1 fully saturated rings. The molecule has 0 aromatic heterocycles. The van der Waals surface area contributed by atoms with Crippen LogP contribution in [-0.2, 0) is 16.4 Å². The summed E-state index contributed by atoms with van der Waals surface area (Å²) in [5.41, 5.74) is 1.95. The lowest BCUT2D eigenvalue weighted by atomic mass is 10.1. The third-order valence-electron chi connectivity index (χ3n) is 4.39. The summed E-state index contributed by atoms with van der Waals surface area (Å²) in [5.74, 6) is 0.165. The largest absolute Gasteiger partial charge is 0.338 e. The van der Waals surface area contributed by atoms with Crippen molar-refractivity contribution in [2.24, 2.45) is 5.92 Å². The standard InChI is InChI=1S/C18H26N2O3S/c1-3-5-6-15-7-9-17(10-8-15)18(21)20-12-11-16(14-20)13-19-24(22,23)4-2/h4,7-10,16,19H,2-3,5-6,11-14H2,1H3/t16-/m1/s1. The van der Waals surface area contributed by atoms with Crippen LogP contribution in [0.2, 0.25) is 0 Å². The summed E-state index contributed by atoms with van der Waals surface area (Å²) < 4.78 is 25.3. The zero-order chi connectivity index (χ0) is 17.6. The highest BCUT2D eigenvalue weighted by Gasteiger charge is 2.27. The normalized spacial score (nSPS) is 17.9. The van der Waals surface area contributed by atoms with Crippen LogP contribution in [-0.4, -0.2) is 38.9 Å². The van der Waals surface area contributed by atoms with Crippen LogP contribution in [0.1, 0.15) is 42.1 Å². The van der Waals surface area contributed by atoms with E-state index in [0.29, 0.717) is 25.2 Å². The number of unbranched alkanes of at least 4 members (excludes halogenated alkanes) is 1. The summed E-state index contributed by atoms with van der Waals surface area (Å²) in [5, 5.41) is 0.908. The minimum absolute atomic E-state index is 0.0196. The molecule has 1 aromatic rings. The first-order valence-electron chi connectivity index (χ1n) is 8.45. The number of nitrogens with zero attached hydrogens (tertiary/aromatic N) is 1. The first-order valence-corrected chi connectivity index (χ1v) is 10.00. The Labute approximate surface area is 144 Å². The molecular formula is C18H26N2O3S. The van der Waals surface area contributed by atoms with Crippen molar-refractivity contribution < 1.29 is 13.2 Å². The van der Waals surface area contributed by atoms with Gasteiger partial charge in [0.25, 0.3) is 5.91 Å². The van der Waals surface area contributed by atoms with E-state index in [9.17, 15) is 13.2 Å². The fourth-order valence-corrected chi connectivity index (χ4v) is 3.44. The third kappa shape index (κ3) is 5.18. The number of rotatable bonds is 8. The van der Waals surface area contributed by atoms with E-state index in [1.807, 2.05) is 24.3 Å². The number of likely N-dealkylation sites (tertiary alicyclic amines) is 1. The van der Waals surface area contributed by atoms with Gasteiger partial charge < -0.3 is 4.90 Å². The SMILES string of the molecule is C=CS(=O)(=O)NC[C@H]1CCN(C(=O)c2ccc(CCCC)cc2)C1. The van der Waals surface area contributed by atoms with E-state index in [2.05, 4.69) is 18.2 Å². The molecule has 1 N–H and O–H groups in total. The number of amides is 1. The van der Waals surface area contributed by atoms with Crippen LogP contribution in [0.4, 0.5) is 0 Å². The van der Waals surface area contributed by atoms with Crippen LogP contribution in [0.5, 0.6) is 0 Å². The Morgan fingerprint density at radius 3 is 2.71 bits per heavy atom. The van der Waals surface area contributed by atoms with E-state index in [0.717, 1.165) is 31.1 Å². The van der Waals surface area contributed by atoms with Crippen LogP contribution >= 0.6 is 0 Å². The Bertz CT molecular complexity index is 668. The minimum atomic E-state index is -3.40. The summed E-state index contributed by atoms with van der Waals surface area (Å²) >= 11 is 0. The summed E-state index contributed by atoms with van der Waals surface area (Å²) in [7, 11) is -3.40. The molecular weight excluding hydrogens is 324 g/mol. The summed E-state index contributed by atoms with van der Waals surface area (Å²) in [6.45, 7) is 7.02. The van der Waals surface area contributed by atoms with Gasteiger partial charge >= 0.3 is 0 Å². The summed E-state index contributed by atoms with van der Waals surface area (Å²) in [4.78, 5) is 14.3. The third-order valence-corrected chi connectivity index (χ3v) is 5.39. The predicted molar refractivity (Wildman–Crippen MR) is 96.2 cm³/mol. The molecule has 0 bridgehead atoms. The smallest absolute Gasteiger partial charge is 0.253 e. The Morgan fingerprint density at radius 1 is 1.38 bits per heavy atom. The maximum atomic E-state index is 12.5.